The number of hydrogen-bond donors (Lipinski definition) is 1. The monoisotopic (exact) mass is 334 g/mol. The Kier molecular flexibility index (Phi) is 5.11. The molecule has 1 atom stereocenters. The zero-order valence-electron chi connectivity index (χ0n) is 14.3. The van der Waals surface area contributed by atoms with Crippen LogP contribution in [0.15, 0.2) is 18.2 Å². The van der Waals surface area contributed by atoms with Gasteiger partial charge in [-0.3, -0.25) is 14.5 Å². The fourth-order valence-electron chi connectivity index (χ4n) is 2.89. The number of carbonyl (C=O) groups excluding carboxylic acids is 3. The molecule has 2 rings (SSSR count). The molecule has 0 spiro atoms. The number of nitrogens with one attached hydrogen (secondary N) is 1. The molecule has 0 radical (unpaired) electrons. The second-order valence-electron chi connectivity index (χ2n) is 5.57. The lowest BCUT2D eigenvalue weighted by Crippen LogP contribution is -2.44. The largest absolute Gasteiger partial charge is 0.496 e. The SMILES string of the molecule is CCOC(=O)CN1C(=O)N[C@@](CC)(c2ccc(OC)c(C)c2)C1=O. The second kappa shape index (κ2) is 6.90. The first kappa shape index (κ1) is 17.8. The minimum atomic E-state index is -1.18. The predicted molar refractivity (Wildman–Crippen MR) is 86.6 cm³/mol. The first-order valence-electron chi connectivity index (χ1n) is 7.84. The van der Waals surface area contributed by atoms with Gasteiger partial charge in [-0.05, 0) is 43.5 Å². The van der Waals surface area contributed by atoms with Crippen LogP contribution in [0, 0.1) is 6.92 Å². The third-order valence-corrected chi connectivity index (χ3v) is 4.19. The van der Waals surface area contributed by atoms with E-state index in [1.807, 2.05) is 19.9 Å². The molecule has 3 amide bonds. The zero-order chi connectivity index (χ0) is 17.9. The number of benzene rings is 1. The van der Waals surface area contributed by atoms with E-state index in [0.717, 1.165) is 10.5 Å². The molecule has 1 fully saturated rings. The van der Waals surface area contributed by atoms with Crippen molar-refractivity contribution in [2.24, 2.45) is 0 Å². The number of hydrogen-bond acceptors (Lipinski definition) is 5. The Balaban J connectivity index is 2.36. The fraction of sp³-hybridized carbons (Fsp3) is 0.471. The third kappa shape index (κ3) is 2.93. The van der Waals surface area contributed by atoms with Crippen LogP contribution in [0.4, 0.5) is 4.79 Å². The lowest BCUT2D eigenvalue weighted by Gasteiger charge is -2.26. The van der Waals surface area contributed by atoms with E-state index in [4.69, 9.17) is 9.47 Å². The number of carbonyl (C=O) groups is 3. The van der Waals surface area contributed by atoms with Crippen LogP contribution >= 0.6 is 0 Å². The first-order valence-corrected chi connectivity index (χ1v) is 7.84. The highest BCUT2D eigenvalue weighted by atomic mass is 16.5. The number of rotatable bonds is 6. The summed E-state index contributed by atoms with van der Waals surface area (Å²) in [7, 11) is 1.57. The molecule has 7 heteroatoms. The van der Waals surface area contributed by atoms with Crippen LogP contribution in [-0.4, -0.2) is 43.1 Å². The van der Waals surface area contributed by atoms with Crippen LogP contribution in [0.2, 0.25) is 0 Å². The molecule has 130 valence electrons. The summed E-state index contributed by atoms with van der Waals surface area (Å²) in [5, 5.41) is 2.73. The quantitative estimate of drug-likeness (QED) is 0.632. The number of amides is 3. The minimum Gasteiger partial charge on any atom is -0.496 e. The third-order valence-electron chi connectivity index (χ3n) is 4.19. The predicted octanol–water partition coefficient (Wildman–Crippen LogP) is 1.72. The summed E-state index contributed by atoms with van der Waals surface area (Å²) in [6.45, 7) is 5.14. The van der Waals surface area contributed by atoms with Crippen molar-refractivity contribution in [1.82, 2.24) is 10.2 Å². The van der Waals surface area contributed by atoms with E-state index in [1.165, 1.54) is 0 Å². The second-order valence-corrected chi connectivity index (χ2v) is 5.57. The fourth-order valence-corrected chi connectivity index (χ4v) is 2.89. The number of methoxy groups -OCH3 is 1. The zero-order valence-corrected chi connectivity index (χ0v) is 14.3. The van der Waals surface area contributed by atoms with Gasteiger partial charge in [-0.2, -0.15) is 0 Å². The summed E-state index contributed by atoms with van der Waals surface area (Å²) in [5.74, 6) is -0.364. The molecule has 1 aliphatic rings. The Hall–Kier alpha value is -2.57. The van der Waals surface area contributed by atoms with Gasteiger partial charge in [0, 0.05) is 0 Å². The summed E-state index contributed by atoms with van der Waals surface area (Å²) in [6, 6.07) is 4.73. The molecule has 0 saturated carbocycles. The van der Waals surface area contributed by atoms with Gasteiger partial charge in [0.05, 0.1) is 13.7 Å². The summed E-state index contributed by atoms with van der Waals surface area (Å²) < 4.78 is 10.1. The van der Waals surface area contributed by atoms with Gasteiger partial charge in [0.2, 0.25) is 0 Å². The van der Waals surface area contributed by atoms with E-state index in [0.29, 0.717) is 17.7 Å². The van der Waals surface area contributed by atoms with E-state index >= 15 is 0 Å². The molecule has 1 aromatic rings. The highest BCUT2D eigenvalue weighted by Crippen LogP contribution is 2.34. The number of nitrogens with zero attached hydrogens (tertiary/aromatic N) is 1. The normalized spacial score (nSPS) is 20.1. The Morgan fingerprint density at radius 3 is 2.54 bits per heavy atom. The van der Waals surface area contributed by atoms with Crippen molar-refractivity contribution in [1.29, 1.82) is 0 Å². The average molecular weight is 334 g/mol. The van der Waals surface area contributed by atoms with E-state index in [1.54, 1.807) is 26.2 Å². The molecule has 0 unspecified atom stereocenters. The lowest BCUT2D eigenvalue weighted by molar-refractivity contribution is -0.147. The Labute approximate surface area is 140 Å². The molecule has 1 aromatic carbocycles. The summed E-state index contributed by atoms with van der Waals surface area (Å²) in [6.07, 6.45) is 0.364. The summed E-state index contributed by atoms with van der Waals surface area (Å²) >= 11 is 0. The molecule has 0 aromatic heterocycles. The van der Waals surface area contributed by atoms with Gasteiger partial charge in [0.25, 0.3) is 5.91 Å². The van der Waals surface area contributed by atoms with E-state index in [9.17, 15) is 14.4 Å². The van der Waals surface area contributed by atoms with Crippen LogP contribution in [0.3, 0.4) is 0 Å². The highest BCUT2D eigenvalue weighted by molar-refractivity contribution is 6.09. The van der Waals surface area contributed by atoms with Gasteiger partial charge in [-0.1, -0.05) is 13.0 Å². The van der Waals surface area contributed by atoms with E-state index in [-0.39, 0.29) is 6.61 Å². The van der Waals surface area contributed by atoms with Crippen LogP contribution < -0.4 is 10.1 Å². The first-order chi connectivity index (χ1) is 11.4. The maximum atomic E-state index is 12.9. The standard InChI is InChI=1S/C17H22N2O5/c1-5-17(12-7-8-13(23-4)11(3)9-12)15(21)19(16(22)18-17)10-14(20)24-6-2/h7-9H,5-6,10H2,1-4H3,(H,18,22)/t17-/m0/s1. The van der Waals surface area contributed by atoms with Crippen molar-refractivity contribution < 1.29 is 23.9 Å². The van der Waals surface area contributed by atoms with Crippen LogP contribution in [0.5, 0.6) is 5.75 Å². The van der Waals surface area contributed by atoms with Crippen molar-refractivity contribution in [2.75, 3.05) is 20.3 Å². The van der Waals surface area contributed by atoms with Crippen molar-refractivity contribution >= 4 is 17.9 Å². The Morgan fingerprint density at radius 2 is 2.00 bits per heavy atom. The number of aryl methyl sites for hydroxylation is 1. The van der Waals surface area contributed by atoms with Crippen molar-refractivity contribution in [3.8, 4) is 5.75 Å². The molecule has 1 heterocycles. The topological polar surface area (TPSA) is 84.9 Å². The van der Waals surface area contributed by atoms with Crippen LogP contribution in [-0.2, 0) is 19.9 Å². The molecule has 1 saturated heterocycles. The molecular formula is C17H22N2O5. The molecule has 7 nitrogen and oxygen atoms in total. The molecular weight excluding hydrogens is 312 g/mol. The van der Waals surface area contributed by atoms with Gasteiger partial charge < -0.3 is 14.8 Å². The number of imide groups is 1. The Bertz CT molecular complexity index is 673. The number of ether oxygens (including phenoxy) is 2. The van der Waals surface area contributed by atoms with Gasteiger partial charge in [0.15, 0.2) is 0 Å². The molecule has 0 bridgehead atoms. The minimum absolute atomic E-state index is 0.194. The molecule has 1 aliphatic heterocycles. The van der Waals surface area contributed by atoms with Crippen molar-refractivity contribution in [3.63, 3.8) is 0 Å². The number of urea groups is 1. The van der Waals surface area contributed by atoms with E-state index < -0.39 is 30.0 Å². The molecule has 0 aliphatic carbocycles. The lowest BCUT2D eigenvalue weighted by atomic mass is 9.86. The van der Waals surface area contributed by atoms with Crippen molar-refractivity contribution in [2.45, 2.75) is 32.7 Å². The van der Waals surface area contributed by atoms with Crippen molar-refractivity contribution in [3.05, 3.63) is 29.3 Å². The van der Waals surface area contributed by atoms with Gasteiger partial charge in [-0.15, -0.1) is 0 Å². The smallest absolute Gasteiger partial charge is 0.326 e. The average Bonchev–Trinajstić information content (AvgIpc) is 2.80. The summed E-state index contributed by atoms with van der Waals surface area (Å²) in [5.41, 5.74) is 0.336. The maximum Gasteiger partial charge on any atom is 0.326 e. The highest BCUT2D eigenvalue weighted by Gasteiger charge is 2.51. The van der Waals surface area contributed by atoms with Crippen LogP contribution in [0.25, 0.3) is 0 Å². The van der Waals surface area contributed by atoms with Gasteiger partial charge >= 0.3 is 12.0 Å². The molecule has 1 N–H and O–H groups in total. The van der Waals surface area contributed by atoms with Crippen LogP contribution in [0.1, 0.15) is 31.4 Å². The Morgan fingerprint density at radius 1 is 1.29 bits per heavy atom. The molecule has 24 heavy (non-hydrogen) atoms. The maximum absolute atomic E-state index is 12.9. The van der Waals surface area contributed by atoms with E-state index in [2.05, 4.69) is 5.32 Å². The van der Waals surface area contributed by atoms with Gasteiger partial charge in [0.1, 0.15) is 17.8 Å². The summed E-state index contributed by atoms with van der Waals surface area (Å²) in [4.78, 5) is 37.7. The van der Waals surface area contributed by atoms with Gasteiger partial charge in [-0.25, -0.2) is 4.79 Å². The number of esters is 1.